The van der Waals surface area contributed by atoms with Crippen molar-refractivity contribution in [2.24, 2.45) is 9.98 Å². The van der Waals surface area contributed by atoms with Crippen molar-refractivity contribution in [3.05, 3.63) is 202 Å². The van der Waals surface area contributed by atoms with E-state index in [9.17, 15) is 0 Å². The van der Waals surface area contributed by atoms with Crippen molar-refractivity contribution in [1.82, 2.24) is 0 Å². The van der Waals surface area contributed by atoms with Crippen LogP contribution < -0.4 is 0 Å². The second-order valence-electron chi connectivity index (χ2n) is 16.0. The summed E-state index contributed by atoms with van der Waals surface area (Å²) in [6.07, 6.45) is 0. The first-order valence-corrected chi connectivity index (χ1v) is 19.0. The molecule has 0 bridgehead atoms. The lowest BCUT2D eigenvalue weighted by atomic mass is 9.76. The van der Waals surface area contributed by atoms with Crippen LogP contribution >= 0.6 is 0 Å². The second-order valence-corrected chi connectivity index (χ2v) is 16.0. The molecule has 0 radical (unpaired) electrons. The van der Waals surface area contributed by atoms with E-state index >= 15 is 0 Å². The number of rotatable bonds is 6. The van der Waals surface area contributed by atoms with Gasteiger partial charge in [-0.2, -0.15) is 0 Å². The van der Waals surface area contributed by atoms with E-state index in [1.54, 1.807) is 0 Å². The summed E-state index contributed by atoms with van der Waals surface area (Å²) in [4.78, 5) is 11.3. The lowest BCUT2D eigenvalue weighted by Gasteiger charge is -2.29. The van der Waals surface area contributed by atoms with E-state index in [4.69, 9.17) is 9.98 Å². The zero-order chi connectivity index (χ0) is 37.2. The standard InChI is InChI=1S/C52H44N2/c1-33-21-27-46(44(29-33)51(3,4)40-25-23-35-13-7-9-15-38(35)31-40)53-49-42-19-11-17-37-18-12-20-43(48(37)42)50(49)54-47-28-22-34(2)30-45(47)52(5,6)41-26-24-36-14-8-10-16-39(36)32-41/h7-32H,1-6H3. The normalized spacial score (nSPS) is 14.6. The first-order valence-electron chi connectivity index (χ1n) is 19.0. The summed E-state index contributed by atoms with van der Waals surface area (Å²) in [5, 5.41) is 7.40. The molecule has 0 fully saturated rings. The van der Waals surface area contributed by atoms with Gasteiger partial charge in [0.15, 0.2) is 0 Å². The molecule has 0 saturated carbocycles. The molecule has 0 amide bonds. The van der Waals surface area contributed by atoms with Crippen LogP contribution in [0, 0.1) is 13.8 Å². The van der Waals surface area contributed by atoms with Crippen LogP contribution in [0.5, 0.6) is 0 Å². The molecule has 0 aromatic heterocycles. The van der Waals surface area contributed by atoms with Gasteiger partial charge < -0.3 is 0 Å². The van der Waals surface area contributed by atoms with E-state index in [1.165, 1.54) is 65.7 Å². The largest absolute Gasteiger partial charge is 0.246 e. The van der Waals surface area contributed by atoms with E-state index < -0.39 is 0 Å². The third kappa shape index (κ3) is 5.65. The number of aryl methyl sites for hydroxylation is 2. The van der Waals surface area contributed by atoms with E-state index in [-0.39, 0.29) is 10.8 Å². The first kappa shape index (κ1) is 33.7. The van der Waals surface area contributed by atoms with Gasteiger partial charge in [-0.1, -0.05) is 184 Å². The van der Waals surface area contributed by atoms with Gasteiger partial charge in [-0.15, -0.1) is 0 Å². The average molecular weight is 697 g/mol. The molecular weight excluding hydrogens is 653 g/mol. The van der Waals surface area contributed by atoms with Crippen molar-refractivity contribution in [1.29, 1.82) is 0 Å². The Morgan fingerprint density at radius 3 is 1.22 bits per heavy atom. The van der Waals surface area contributed by atoms with Crippen molar-refractivity contribution in [2.75, 3.05) is 0 Å². The number of fused-ring (bicyclic) bond motifs is 2. The Hall–Kier alpha value is -6.12. The highest BCUT2D eigenvalue weighted by molar-refractivity contribution is 6.61. The summed E-state index contributed by atoms with van der Waals surface area (Å²) in [5.41, 5.74) is 12.7. The molecular formula is C52H44N2. The van der Waals surface area contributed by atoms with E-state index in [0.29, 0.717) is 0 Å². The fourth-order valence-electron chi connectivity index (χ4n) is 8.42. The van der Waals surface area contributed by atoms with Crippen LogP contribution in [0.25, 0.3) is 32.3 Å². The highest BCUT2D eigenvalue weighted by Crippen LogP contribution is 2.43. The molecule has 9 rings (SSSR count). The molecule has 0 aliphatic heterocycles. The molecule has 1 aliphatic carbocycles. The second kappa shape index (κ2) is 12.8. The van der Waals surface area contributed by atoms with Gasteiger partial charge >= 0.3 is 0 Å². The van der Waals surface area contributed by atoms with Crippen molar-refractivity contribution in [2.45, 2.75) is 52.4 Å². The van der Waals surface area contributed by atoms with Gasteiger partial charge in [-0.3, -0.25) is 0 Å². The number of hydrogen-bond donors (Lipinski definition) is 0. The van der Waals surface area contributed by atoms with Crippen LogP contribution in [0.4, 0.5) is 11.4 Å². The maximum absolute atomic E-state index is 5.66. The molecule has 0 spiro atoms. The maximum atomic E-state index is 5.66. The lowest BCUT2D eigenvalue weighted by Crippen LogP contribution is -2.20. The van der Waals surface area contributed by atoms with E-state index in [0.717, 1.165) is 33.9 Å². The molecule has 0 atom stereocenters. The topological polar surface area (TPSA) is 24.7 Å². The molecule has 0 heterocycles. The fraction of sp³-hybridized carbons (Fsp3) is 0.154. The van der Waals surface area contributed by atoms with Gasteiger partial charge in [-0.25, -0.2) is 9.98 Å². The zero-order valence-corrected chi connectivity index (χ0v) is 31.9. The van der Waals surface area contributed by atoms with Crippen molar-refractivity contribution in [3.63, 3.8) is 0 Å². The molecule has 262 valence electrons. The van der Waals surface area contributed by atoms with Crippen LogP contribution in [0.1, 0.15) is 72.2 Å². The molecule has 8 aromatic carbocycles. The summed E-state index contributed by atoms with van der Waals surface area (Å²) in [6.45, 7) is 13.6. The maximum Gasteiger partial charge on any atom is 0.0978 e. The smallest absolute Gasteiger partial charge is 0.0978 e. The Kier molecular flexibility index (Phi) is 7.97. The van der Waals surface area contributed by atoms with Crippen molar-refractivity contribution in [3.8, 4) is 0 Å². The van der Waals surface area contributed by atoms with Crippen molar-refractivity contribution >= 4 is 55.1 Å². The van der Waals surface area contributed by atoms with Crippen LogP contribution in [-0.2, 0) is 10.8 Å². The Labute approximate surface area is 318 Å². The molecule has 0 saturated heterocycles. The minimum Gasteiger partial charge on any atom is -0.246 e. The molecule has 0 unspecified atom stereocenters. The van der Waals surface area contributed by atoms with Crippen LogP contribution in [-0.4, -0.2) is 11.4 Å². The van der Waals surface area contributed by atoms with Gasteiger partial charge in [0.05, 0.1) is 22.8 Å². The van der Waals surface area contributed by atoms with Gasteiger partial charge in [0, 0.05) is 27.3 Å². The summed E-state index contributed by atoms with van der Waals surface area (Å²) in [7, 11) is 0. The van der Waals surface area contributed by atoms with Gasteiger partial charge in [0.2, 0.25) is 0 Å². The number of benzene rings is 8. The predicted molar refractivity (Wildman–Crippen MR) is 231 cm³/mol. The molecule has 2 nitrogen and oxygen atoms in total. The minimum absolute atomic E-state index is 0.307. The van der Waals surface area contributed by atoms with Gasteiger partial charge in [-0.05, 0) is 75.2 Å². The molecule has 54 heavy (non-hydrogen) atoms. The van der Waals surface area contributed by atoms with Crippen LogP contribution in [0.3, 0.4) is 0 Å². The third-order valence-corrected chi connectivity index (χ3v) is 11.7. The van der Waals surface area contributed by atoms with Crippen LogP contribution in [0.2, 0.25) is 0 Å². The lowest BCUT2D eigenvalue weighted by molar-refractivity contribution is 0.642. The van der Waals surface area contributed by atoms with Crippen molar-refractivity contribution < 1.29 is 0 Å². The number of aliphatic imine (C=N–C) groups is 2. The molecule has 0 N–H and O–H groups in total. The Balaban J connectivity index is 1.24. The average Bonchev–Trinajstić information content (AvgIpc) is 3.48. The Morgan fingerprint density at radius 2 is 0.778 bits per heavy atom. The predicted octanol–water partition coefficient (Wildman–Crippen LogP) is 13.7. The zero-order valence-electron chi connectivity index (χ0n) is 31.9. The third-order valence-electron chi connectivity index (χ3n) is 11.7. The SMILES string of the molecule is Cc1ccc(N=C2C(=Nc3ccc(C)cc3C(C)(C)c3ccc4ccccc4c3)c3cccc4cccc2c34)c(C(C)(C)c2ccc3ccccc3c2)c1. The molecule has 1 aliphatic rings. The summed E-state index contributed by atoms with van der Waals surface area (Å²) in [6, 6.07) is 57.4. The fourth-order valence-corrected chi connectivity index (χ4v) is 8.42. The van der Waals surface area contributed by atoms with E-state index in [2.05, 4.69) is 199 Å². The summed E-state index contributed by atoms with van der Waals surface area (Å²) in [5.74, 6) is 0. The minimum atomic E-state index is -0.307. The first-order chi connectivity index (χ1) is 26.1. The van der Waals surface area contributed by atoms with Gasteiger partial charge in [0.1, 0.15) is 0 Å². The summed E-state index contributed by atoms with van der Waals surface area (Å²) >= 11 is 0. The Morgan fingerprint density at radius 1 is 0.370 bits per heavy atom. The number of hydrogen-bond acceptors (Lipinski definition) is 2. The van der Waals surface area contributed by atoms with E-state index in [1.807, 2.05) is 0 Å². The monoisotopic (exact) mass is 696 g/mol. The number of nitrogens with zero attached hydrogens (tertiary/aromatic N) is 2. The summed E-state index contributed by atoms with van der Waals surface area (Å²) < 4.78 is 0. The highest BCUT2D eigenvalue weighted by Gasteiger charge is 2.32. The Bertz CT molecular complexity index is 2660. The van der Waals surface area contributed by atoms with Crippen LogP contribution in [0.15, 0.2) is 168 Å². The molecule has 8 aromatic rings. The molecule has 2 heteroatoms. The van der Waals surface area contributed by atoms with Gasteiger partial charge in [0.25, 0.3) is 0 Å². The highest BCUT2D eigenvalue weighted by atomic mass is 14.8. The quantitative estimate of drug-likeness (QED) is 0.165.